The highest BCUT2D eigenvalue weighted by Crippen LogP contribution is 2.29. The number of halogens is 2. The second-order valence-electron chi connectivity index (χ2n) is 41.5. The second kappa shape index (κ2) is 55.4. The van der Waals surface area contributed by atoms with Gasteiger partial charge in [-0.3, -0.25) is 0 Å². The normalized spacial score (nSPS) is 11.1. The van der Waals surface area contributed by atoms with Crippen molar-refractivity contribution in [1.82, 2.24) is 71.4 Å². The molecule has 141 heavy (non-hydrogen) atoms. The molecule has 0 bridgehead atoms. The molecule has 7 aromatic carbocycles. The zero-order valence-corrected chi connectivity index (χ0v) is 92.0. The van der Waals surface area contributed by atoms with E-state index in [1.807, 2.05) is 26.0 Å². The smallest absolute Gasteiger partial charge is 0.123 e. The van der Waals surface area contributed by atoms with Gasteiger partial charge in [-0.1, -0.05) is 246 Å². The van der Waals surface area contributed by atoms with Crippen LogP contribution < -0.4 is 0 Å². The van der Waals surface area contributed by atoms with Gasteiger partial charge in [0.2, 0.25) is 0 Å². The van der Waals surface area contributed by atoms with E-state index >= 15 is 0 Å². The minimum atomic E-state index is -0.169. The van der Waals surface area contributed by atoms with E-state index in [0.29, 0.717) is 41.4 Å². The van der Waals surface area contributed by atoms with E-state index in [-0.39, 0.29) is 11.6 Å². The average Bonchev–Trinajstić information content (AvgIpc) is 0.830. The van der Waals surface area contributed by atoms with Crippen LogP contribution in [0, 0.1) is 150 Å². The van der Waals surface area contributed by atoms with Crippen LogP contribution in [-0.4, -0.2) is 71.4 Å². The van der Waals surface area contributed by atoms with Crippen LogP contribution in [0.5, 0.6) is 0 Å². The third-order valence-electron chi connectivity index (χ3n) is 27.0. The number of hydrogen-bond donors (Lipinski definition) is 0. The third-order valence-corrected chi connectivity index (χ3v) is 27.0. The van der Waals surface area contributed by atoms with Gasteiger partial charge in [-0.2, -0.15) is 71.4 Å². The highest BCUT2D eigenvalue weighted by Gasteiger charge is 2.20. The zero-order chi connectivity index (χ0) is 104. The molecule has 7 heterocycles. The summed E-state index contributed by atoms with van der Waals surface area (Å²) in [6.45, 7) is 72.5. The molecule has 0 N–H and O–H groups in total. The molecule has 14 aromatic rings. The molecule has 0 amide bonds. The second-order valence-corrected chi connectivity index (χ2v) is 41.5. The van der Waals surface area contributed by atoms with Gasteiger partial charge in [-0.15, -0.1) is 0 Å². The lowest BCUT2D eigenvalue weighted by atomic mass is 9.96. The molecular formula is C125H164F2N14. The standard InChI is InChI=1S/C19H26N2.C18H23FN2.3C18H24N2.C17H21FN2.C17H22N2/c1-12(2)19-16(6)15(5)18(20-21-19)10-9-17-8-7-13(3)11-14(17)4;1-11(2)18-14(5)13(4)17(20-21-18)7-6-15-8-12(3)9-16(19)10-15;2*1-12(2)18-15(5)14(4)17(19-20-18)11-10-16-8-6-13(3)7-9-16;1-12(2)18-11-15(5)17(19-20-18)9-8-16-7-6-13(3)10-14(16)4;1-11(2)17-9-13(4)16(19-20-17)6-5-14-7-12(3)8-15(18)10-14;1-12(2)17-11-14(4)16(18-19-17)10-9-15-7-5-13(3)6-8-15/h7-8,11-12H,9-10H2,1-6H3;8-11H,6-7H2,1-5H3;2*6-9,12H,10-11H2,1-5H3;6-7,10-12H,8-9H2,1-5H3;7-11H,5-6H2,1-4H3;5-8,11-12H,9-10H2,1-4H3. The van der Waals surface area contributed by atoms with E-state index in [9.17, 15) is 8.78 Å². The van der Waals surface area contributed by atoms with E-state index in [2.05, 4.69) is 420 Å². The first kappa shape index (κ1) is 114. The molecule has 0 aliphatic carbocycles. The van der Waals surface area contributed by atoms with Crippen LogP contribution in [0.3, 0.4) is 0 Å². The van der Waals surface area contributed by atoms with Gasteiger partial charge in [-0.25, -0.2) is 8.78 Å². The maximum Gasteiger partial charge on any atom is 0.123 e. The topological polar surface area (TPSA) is 180 Å². The number of aromatic nitrogens is 14. The molecule has 748 valence electrons. The number of hydrogen-bond acceptors (Lipinski definition) is 14. The first-order chi connectivity index (χ1) is 66.7. The van der Waals surface area contributed by atoms with E-state index in [1.165, 1.54) is 122 Å². The van der Waals surface area contributed by atoms with E-state index in [0.717, 1.165) is 197 Å². The Morgan fingerprint density at radius 2 is 0.390 bits per heavy atom. The maximum absolute atomic E-state index is 13.4. The van der Waals surface area contributed by atoms with Crippen molar-refractivity contribution in [2.45, 2.75) is 367 Å². The summed E-state index contributed by atoms with van der Waals surface area (Å²) in [6.07, 6.45) is 13.1. The molecule has 7 aromatic heterocycles. The summed E-state index contributed by atoms with van der Waals surface area (Å²) in [6, 6.07) is 56.3. The Bertz CT molecular complexity index is 6220. The minimum absolute atomic E-state index is 0.167. The predicted molar refractivity (Wildman–Crippen MR) is 584 cm³/mol. The van der Waals surface area contributed by atoms with Gasteiger partial charge in [-0.05, 0) is 435 Å². The van der Waals surface area contributed by atoms with E-state index < -0.39 is 0 Å². The van der Waals surface area contributed by atoms with Gasteiger partial charge < -0.3 is 0 Å². The molecule has 0 spiro atoms. The summed E-state index contributed by atoms with van der Waals surface area (Å²) in [5.41, 5.74) is 49.3. The highest BCUT2D eigenvalue weighted by molar-refractivity contribution is 5.41. The number of rotatable bonds is 28. The molecule has 0 saturated heterocycles. The predicted octanol–water partition coefficient (Wildman–Crippen LogP) is 30.1. The van der Waals surface area contributed by atoms with Crippen LogP contribution in [-0.2, 0) is 89.9 Å². The highest BCUT2D eigenvalue weighted by atomic mass is 19.1. The molecular weight excluding hydrogens is 1740 g/mol. The summed E-state index contributed by atoms with van der Waals surface area (Å²) < 4.78 is 26.8. The largest absolute Gasteiger partial charge is 0.207 e. The number of aryl methyl sites for hydroxylation is 26. The lowest BCUT2D eigenvalue weighted by Gasteiger charge is -2.14. The quantitative estimate of drug-likeness (QED) is 0.0452. The zero-order valence-electron chi connectivity index (χ0n) is 92.0. The molecule has 0 radical (unpaired) electrons. The van der Waals surface area contributed by atoms with Crippen molar-refractivity contribution in [2.75, 3.05) is 0 Å². The molecule has 0 fully saturated rings. The van der Waals surface area contributed by atoms with Gasteiger partial charge in [0.25, 0.3) is 0 Å². The molecule has 0 saturated carbocycles. The van der Waals surface area contributed by atoms with E-state index in [1.54, 1.807) is 24.3 Å². The molecule has 0 unspecified atom stereocenters. The number of nitrogens with zero attached hydrogens (tertiary/aromatic N) is 14. The van der Waals surface area contributed by atoms with Crippen LogP contribution in [0.15, 0.2) is 164 Å². The van der Waals surface area contributed by atoms with Crippen molar-refractivity contribution >= 4 is 0 Å². The van der Waals surface area contributed by atoms with Crippen molar-refractivity contribution < 1.29 is 8.78 Å². The fraction of sp³-hybridized carbons (Fsp3) is 0.440. The molecule has 14 nitrogen and oxygen atoms in total. The first-order valence-electron chi connectivity index (χ1n) is 51.3. The van der Waals surface area contributed by atoms with Gasteiger partial charge in [0.1, 0.15) is 11.6 Å². The Kier molecular flexibility index (Phi) is 44.9. The summed E-state index contributed by atoms with van der Waals surface area (Å²) in [5, 5.41) is 61.4. The van der Waals surface area contributed by atoms with Crippen LogP contribution in [0.1, 0.15) is 368 Å². The third kappa shape index (κ3) is 35.9. The summed E-state index contributed by atoms with van der Waals surface area (Å²) in [5.74, 6) is 2.63. The number of benzene rings is 7. The van der Waals surface area contributed by atoms with Gasteiger partial charge >= 0.3 is 0 Å². The van der Waals surface area contributed by atoms with E-state index in [4.69, 9.17) is 0 Å². The van der Waals surface area contributed by atoms with Crippen LogP contribution in [0.4, 0.5) is 8.78 Å². The van der Waals surface area contributed by atoms with Gasteiger partial charge in [0, 0.05) is 0 Å². The monoisotopic (exact) mass is 1900 g/mol. The van der Waals surface area contributed by atoms with Crippen LogP contribution in [0.25, 0.3) is 0 Å². The van der Waals surface area contributed by atoms with Crippen LogP contribution in [0.2, 0.25) is 0 Å². The Hall–Kier alpha value is -12.0. The summed E-state index contributed by atoms with van der Waals surface area (Å²) >= 11 is 0. The van der Waals surface area contributed by atoms with Gasteiger partial charge in [0.15, 0.2) is 0 Å². The minimum Gasteiger partial charge on any atom is -0.207 e. The van der Waals surface area contributed by atoms with Crippen molar-refractivity contribution in [2.24, 2.45) is 0 Å². The summed E-state index contributed by atoms with van der Waals surface area (Å²) in [7, 11) is 0. The summed E-state index contributed by atoms with van der Waals surface area (Å²) in [4.78, 5) is 0. The van der Waals surface area contributed by atoms with Crippen molar-refractivity contribution in [3.05, 3.63) is 405 Å². The Morgan fingerprint density at radius 1 is 0.170 bits per heavy atom. The lowest BCUT2D eigenvalue weighted by Crippen LogP contribution is -2.08. The van der Waals surface area contributed by atoms with Gasteiger partial charge in [0.05, 0.1) is 79.7 Å². The lowest BCUT2D eigenvalue weighted by molar-refractivity contribution is 0.623. The Labute approximate surface area is 846 Å². The molecule has 16 heteroatoms. The molecule has 14 rings (SSSR count). The molecule has 0 aliphatic rings. The van der Waals surface area contributed by atoms with Crippen molar-refractivity contribution in [1.29, 1.82) is 0 Å². The fourth-order valence-electron chi connectivity index (χ4n) is 17.3. The SMILES string of the molecule is Cc1cc(F)cc(CCc2nnc(C(C)C)c(C)c2C)c1.Cc1cc(F)cc(CCc2nnc(C(C)C)cc2C)c1.Cc1ccc(CCc2nnc(C(C)C)c(C)c2C)c(C)c1.Cc1ccc(CCc2nnc(C(C)C)c(C)c2C)cc1.Cc1ccc(CCc2nnc(C(C)C)c(C)c2C)cc1.Cc1ccc(CCc2nnc(C(C)C)cc2C)c(C)c1.Cc1ccc(CCc2nnc(C(C)C)cc2C)cc1. The van der Waals surface area contributed by atoms with Crippen molar-refractivity contribution in [3.63, 3.8) is 0 Å². The molecule has 0 atom stereocenters. The Morgan fingerprint density at radius 3 is 0.617 bits per heavy atom. The maximum atomic E-state index is 13.4. The fourth-order valence-corrected chi connectivity index (χ4v) is 17.3. The molecule has 0 aliphatic heterocycles. The van der Waals surface area contributed by atoms with Crippen molar-refractivity contribution in [3.8, 4) is 0 Å². The average molecular weight is 1900 g/mol. The first-order valence-corrected chi connectivity index (χ1v) is 51.3. The Balaban J connectivity index is 0.000000201. The van der Waals surface area contributed by atoms with Crippen LogP contribution >= 0.6 is 0 Å².